The molecule has 21 heavy (non-hydrogen) atoms. The number of rotatable bonds is 3. The lowest BCUT2D eigenvalue weighted by atomic mass is 9.93. The number of aliphatic imine (C=N–C) groups is 1. The molecule has 0 atom stereocenters. The van der Waals surface area contributed by atoms with E-state index in [0.29, 0.717) is 5.41 Å². The van der Waals surface area contributed by atoms with Crippen LogP contribution in [-0.4, -0.2) is 60.9 Å². The minimum Gasteiger partial charge on any atom is -0.357 e. The Hall–Kier alpha value is -1.26. The van der Waals surface area contributed by atoms with Crippen LogP contribution >= 0.6 is 0 Å². The normalized spacial score (nSPS) is 22.5. The Morgan fingerprint density at radius 1 is 1.14 bits per heavy atom. The standard InChI is InChI=1S/C16H30N4O/c1-4-17-15(20-11-8-16(2,3)13-20)18-12-14(21)19-9-6-5-7-10-19/h4-13H2,1-3H3,(H,17,18). The zero-order valence-corrected chi connectivity index (χ0v) is 13.8. The fourth-order valence-electron chi connectivity index (χ4n) is 3.10. The molecule has 0 aromatic rings. The molecule has 1 N–H and O–H groups in total. The number of nitrogens with zero attached hydrogens (tertiary/aromatic N) is 3. The van der Waals surface area contributed by atoms with Crippen LogP contribution < -0.4 is 5.32 Å². The predicted molar refractivity (Wildman–Crippen MR) is 86.4 cm³/mol. The number of carbonyl (C=O) groups excluding carboxylic acids is 1. The van der Waals surface area contributed by atoms with Gasteiger partial charge < -0.3 is 15.1 Å². The first kappa shape index (κ1) is 16.1. The van der Waals surface area contributed by atoms with Crippen LogP contribution in [0.2, 0.25) is 0 Å². The molecule has 0 aromatic heterocycles. The van der Waals surface area contributed by atoms with Crippen LogP contribution in [0.1, 0.15) is 46.5 Å². The van der Waals surface area contributed by atoms with Gasteiger partial charge in [0.15, 0.2) is 5.96 Å². The van der Waals surface area contributed by atoms with Crippen LogP contribution in [-0.2, 0) is 4.79 Å². The predicted octanol–water partition coefficient (Wildman–Crippen LogP) is 1.70. The molecule has 0 bridgehead atoms. The lowest BCUT2D eigenvalue weighted by Gasteiger charge is -2.27. The van der Waals surface area contributed by atoms with Crippen LogP contribution in [0.25, 0.3) is 0 Å². The molecule has 2 aliphatic rings. The van der Waals surface area contributed by atoms with Crippen LogP contribution in [0.4, 0.5) is 0 Å². The summed E-state index contributed by atoms with van der Waals surface area (Å²) in [6.45, 7) is 11.6. The van der Waals surface area contributed by atoms with Gasteiger partial charge in [-0.2, -0.15) is 0 Å². The Balaban J connectivity index is 1.92. The summed E-state index contributed by atoms with van der Waals surface area (Å²) in [5.41, 5.74) is 0.340. The van der Waals surface area contributed by atoms with E-state index in [4.69, 9.17) is 0 Å². The van der Waals surface area contributed by atoms with E-state index in [1.54, 1.807) is 0 Å². The summed E-state index contributed by atoms with van der Waals surface area (Å²) >= 11 is 0. The molecular weight excluding hydrogens is 264 g/mol. The van der Waals surface area contributed by atoms with Gasteiger partial charge in [-0.1, -0.05) is 13.8 Å². The summed E-state index contributed by atoms with van der Waals surface area (Å²) in [4.78, 5) is 21.0. The molecule has 0 spiro atoms. The minimum atomic E-state index is 0.170. The Bertz CT molecular complexity index is 386. The number of amides is 1. The van der Waals surface area contributed by atoms with E-state index >= 15 is 0 Å². The SMILES string of the molecule is CCNC(=NCC(=O)N1CCCCC1)N1CCC(C)(C)C1. The smallest absolute Gasteiger partial charge is 0.244 e. The third-order valence-corrected chi connectivity index (χ3v) is 4.38. The van der Waals surface area contributed by atoms with Crippen LogP contribution in [0.5, 0.6) is 0 Å². The van der Waals surface area contributed by atoms with Crippen molar-refractivity contribution in [1.29, 1.82) is 0 Å². The number of nitrogens with one attached hydrogen (secondary N) is 1. The van der Waals surface area contributed by atoms with E-state index in [9.17, 15) is 4.79 Å². The van der Waals surface area contributed by atoms with E-state index in [1.807, 2.05) is 4.90 Å². The van der Waals surface area contributed by atoms with E-state index in [-0.39, 0.29) is 12.5 Å². The highest BCUT2D eigenvalue weighted by Gasteiger charge is 2.31. The van der Waals surface area contributed by atoms with Crippen molar-refractivity contribution in [3.8, 4) is 0 Å². The lowest BCUT2D eigenvalue weighted by Crippen LogP contribution is -2.42. The highest BCUT2D eigenvalue weighted by molar-refractivity contribution is 5.85. The molecule has 2 rings (SSSR count). The van der Waals surface area contributed by atoms with Gasteiger partial charge >= 0.3 is 0 Å². The molecule has 5 nitrogen and oxygen atoms in total. The first-order valence-electron chi connectivity index (χ1n) is 8.33. The van der Waals surface area contributed by atoms with Crippen molar-refractivity contribution in [2.75, 3.05) is 39.3 Å². The first-order valence-corrected chi connectivity index (χ1v) is 8.33. The number of hydrogen-bond acceptors (Lipinski definition) is 2. The molecule has 2 saturated heterocycles. The number of piperidine rings is 1. The molecule has 1 amide bonds. The maximum absolute atomic E-state index is 12.2. The molecule has 0 unspecified atom stereocenters. The highest BCUT2D eigenvalue weighted by Crippen LogP contribution is 2.28. The molecule has 0 saturated carbocycles. The van der Waals surface area contributed by atoms with E-state index in [2.05, 4.69) is 36.0 Å². The molecular formula is C16H30N4O. The summed E-state index contributed by atoms with van der Waals surface area (Å²) in [5, 5.41) is 3.33. The topological polar surface area (TPSA) is 47.9 Å². The average molecular weight is 294 g/mol. The quantitative estimate of drug-likeness (QED) is 0.636. The fourth-order valence-corrected chi connectivity index (χ4v) is 3.10. The molecule has 2 fully saturated rings. The second kappa shape index (κ2) is 7.14. The van der Waals surface area contributed by atoms with E-state index in [0.717, 1.165) is 51.5 Å². The highest BCUT2D eigenvalue weighted by atomic mass is 16.2. The third-order valence-electron chi connectivity index (χ3n) is 4.38. The number of carbonyl (C=O) groups is 1. The Morgan fingerprint density at radius 2 is 1.86 bits per heavy atom. The maximum Gasteiger partial charge on any atom is 0.244 e. The van der Waals surface area contributed by atoms with Crippen LogP contribution in [0, 0.1) is 5.41 Å². The van der Waals surface area contributed by atoms with Crippen molar-refractivity contribution in [1.82, 2.24) is 15.1 Å². The number of likely N-dealkylation sites (tertiary alicyclic amines) is 2. The van der Waals surface area contributed by atoms with Gasteiger partial charge in [-0.15, -0.1) is 0 Å². The largest absolute Gasteiger partial charge is 0.357 e. The van der Waals surface area contributed by atoms with Crippen molar-refractivity contribution < 1.29 is 4.79 Å². The minimum absolute atomic E-state index is 0.170. The average Bonchev–Trinajstić information content (AvgIpc) is 2.84. The van der Waals surface area contributed by atoms with E-state index in [1.165, 1.54) is 12.8 Å². The number of guanidine groups is 1. The van der Waals surface area contributed by atoms with Crippen molar-refractivity contribution >= 4 is 11.9 Å². The zero-order chi connectivity index (χ0) is 15.3. The van der Waals surface area contributed by atoms with Crippen LogP contribution in [0.15, 0.2) is 4.99 Å². The van der Waals surface area contributed by atoms with Crippen molar-refractivity contribution in [2.24, 2.45) is 10.4 Å². The monoisotopic (exact) mass is 294 g/mol. The van der Waals surface area contributed by atoms with Gasteiger partial charge in [-0.05, 0) is 38.0 Å². The Morgan fingerprint density at radius 3 is 2.43 bits per heavy atom. The van der Waals surface area contributed by atoms with Crippen molar-refractivity contribution in [3.05, 3.63) is 0 Å². The maximum atomic E-state index is 12.2. The number of hydrogen-bond donors (Lipinski definition) is 1. The van der Waals surface area contributed by atoms with Crippen LogP contribution in [0.3, 0.4) is 0 Å². The van der Waals surface area contributed by atoms with Gasteiger partial charge in [0.05, 0.1) is 0 Å². The molecule has 2 heterocycles. The van der Waals surface area contributed by atoms with Gasteiger partial charge in [0.1, 0.15) is 6.54 Å². The summed E-state index contributed by atoms with van der Waals surface area (Å²) in [6, 6.07) is 0. The second-order valence-corrected chi connectivity index (χ2v) is 6.95. The zero-order valence-electron chi connectivity index (χ0n) is 13.8. The van der Waals surface area contributed by atoms with Gasteiger partial charge in [0.25, 0.3) is 0 Å². The van der Waals surface area contributed by atoms with E-state index < -0.39 is 0 Å². The van der Waals surface area contributed by atoms with Gasteiger partial charge in [0.2, 0.25) is 5.91 Å². The van der Waals surface area contributed by atoms with Gasteiger partial charge in [0, 0.05) is 32.7 Å². The first-order chi connectivity index (χ1) is 10.0. The third kappa shape index (κ3) is 4.61. The Kier molecular flexibility index (Phi) is 5.48. The summed E-state index contributed by atoms with van der Waals surface area (Å²) in [7, 11) is 0. The molecule has 120 valence electrons. The summed E-state index contributed by atoms with van der Waals surface area (Å²) in [6.07, 6.45) is 4.70. The Labute approximate surface area is 128 Å². The lowest BCUT2D eigenvalue weighted by molar-refractivity contribution is -0.130. The van der Waals surface area contributed by atoms with Gasteiger partial charge in [-0.25, -0.2) is 4.99 Å². The van der Waals surface area contributed by atoms with Crippen molar-refractivity contribution in [2.45, 2.75) is 46.5 Å². The molecule has 0 aromatic carbocycles. The molecule has 5 heteroatoms. The summed E-state index contributed by atoms with van der Waals surface area (Å²) in [5.74, 6) is 1.07. The molecule has 0 radical (unpaired) electrons. The fraction of sp³-hybridized carbons (Fsp3) is 0.875. The summed E-state index contributed by atoms with van der Waals surface area (Å²) < 4.78 is 0. The molecule has 2 aliphatic heterocycles. The van der Waals surface area contributed by atoms with Crippen molar-refractivity contribution in [3.63, 3.8) is 0 Å². The van der Waals surface area contributed by atoms with Gasteiger partial charge in [-0.3, -0.25) is 4.79 Å². The second-order valence-electron chi connectivity index (χ2n) is 6.95. The molecule has 0 aliphatic carbocycles.